The molecule has 0 radical (unpaired) electrons. The number of nitrogens with zero attached hydrogens (tertiary/aromatic N) is 1. The molecule has 1 spiro atoms. The first kappa shape index (κ1) is 19.5. The lowest BCUT2D eigenvalue weighted by Gasteiger charge is -2.45. The van der Waals surface area contributed by atoms with Crippen LogP contribution in [0.4, 0.5) is 13.2 Å². The molecule has 0 aromatic carbocycles. The van der Waals surface area contributed by atoms with E-state index in [-0.39, 0.29) is 12.0 Å². The first-order chi connectivity index (χ1) is 11.1. The van der Waals surface area contributed by atoms with Crippen molar-refractivity contribution in [2.24, 2.45) is 5.41 Å². The van der Waals surface area contributed by atoms with E-state index in [2.05, 4.69) is 0 Å². The van der Waals surface area contributed by atoms with Crippen molar-refractivity contribution in [3.8, 4) is 0 Å². The molecule has 1 atom stereocenters. The Kier molecular flexibility index (Phi) is 5.84. The molecule has 2 aliphatic rings. The van der Waals surface area contributed by atoms with Crippen LogP contribution in [0, 0.1) is 5.41 Å². The van der Waals surface area contributed by atoms with Crippen molar-refractivity contribution in [3.05, 3.63) is 0 Å². The van der Waals surface area contributed by atoms with Gasteiger partial charge in [-0.15, -0.1) is 0 Å². The molecule has 5 nitrogen and oxygen atoms in total. The third-order valence-electron chi connectivity index (χ3n) is 5.19. The number of hydrogen-bond donors (Lipinski definition) is 1. The smallest absolute Gasteiger partial charge is 0.390 e. The third kappa shape index (κ3) is 5.08. The fraction of sp³-hybridized carbons (Fsp3) is 0.933. The summed E-state index contributed by atoms with van der Waals surface area (Å²) in [6, 6.07) is -0.443. The van der Waals surface area contributed by atoms with Gasteiger partial charge in [0.25, 0.3) is 0 Å². The number of hydrogen-bond acceptors (Lipinski definition) is 4. The molecule has 2 fully saturated rings. The predicted octanol–water partition coefficient (Wildman–Crippen LogP) is 1.90. The van der Waals surface area contributed by atoms with Crippen molar-refractivity contribution in [3.63, 3.8) is 0 Å². The molecule has 1 heterocycles. The van der Waals surface area contributed by atoms with Gasteiger partial charge in [0.1, 0.15) is 5.75 Å². The molecule has 1 unspecified atom stereocenters. The van der Waals surface area contributed by atoms with E-state index in [4.69, 9.17) is 0 Å². The highest BCUT2D eigenvalue weighted by Gasteiger charge is 2.43. The molecule has 1 N–H and O–H groups in total. The molecule has 9 heteroatoms. The number of amides is 1. The molecule has 2 rings (SSSR count). The van der Waals surface area contributed by atoms with Gasteiger partial charge in [0.15, 0.2) is 9.84 Å². The standard InChI is InChI=1S/C15H24F3NO4S/c16-15(17,18)7-8-24(22,23)10-13(21)19-11-14(4-1-2-5-14)6-3-12(19)9-20/h12,20H,1-11H2. The van der Waals surface area contributed by atoms with Crippen molar-refractivity contribution >= 4 is 15.7 Å². The molecule has 24 heavy (non-hydrogen) atoms. The summed E-state index contributed by atoms with van der Waals surface area (Å²) in [5.41, 5.74) is -0.0168. The van der Waals surface area contributed by atoms with Gasteiger partial charge < -0.3 is 10.0 Å². The number of carbonyl (C=O) groups is 1. The van der Waals surface area contributed by atoms with Gasteiger partial charge in [0.05, 0.1) is 24.8 Å². The number of aliphatic hydroxyl groups excluding tert-OH is 1. The lowest BCUT2D eigenvalue weighted by atomic mass is 9.76. The Morgan fingerprint density at radius 3 is 2.38 bits per heavy atom. The summed E-state index contributed by atoms with van der Waals surface area (Å²) in [5, 5.41) is 9.46. The molecule has 0 aromatic rings. The van der Waals surface area contributed by atoms with Gasteiger partial charge in [-0.25, -0.2) is 8.42 Å². The molecule has 1 saturated heterocycles. The number of rotatable bonds is 5. The topological polar surface area (TPSA) is 74.7 Å². The van der Waals surface area contributed by atoms with E-state index in [0.717, 1.165) is 32.1 Å². The molecular formula is C15H24F3NO4S. The summed E-state index contributed by atoms with van der Waals surface area (Å²) in [5.74, 6) is -2.69. The van der Waals surface area contributed by atoms with Crippen LogP contribution in [0.25, 0.3) is 0 Å². The Balaban J connectivity index is 2.02. The van der Waals surface area contributed by atoms with Crippen LogP contribution < -0.4 is 0 Å². The van der Waals surface area contributed by atoms with E-state index in [0.29, 0.717) is 13.0 Å². The zero-order chi connectivity index (χ0) is 18.0. The zero-order valence-electron chi connectivity index (χ0n) is 13.5. The predicted molar refractivity (Wildman–Crippen MR) is 82.0 cm³/mol. The Hall–Kier alpha value is -0.830. The van der Waals surface area contributed by atoms with Gasteiger partial charge in [-0.1, -0.05) is 12.8 Å². The highest BCUT2D eigenvalue weighted by atomic mass is 32.2. The number of piperidine rings is 1. The van der Waals surface area contributed by atoms with E-state index in [1.54, 1.807) is 0 Å². The summed E-state index contributed by atoms with van der Waals surface area (Å²) in [6.45, 7) is 0.135. The van der Waals surface area contributed by atoms with Crippen LogP contribution in [0.15, 0.2) is 0 Å². The molecule has 1 amide bonds. The first-order valence-corrected chi connectivity index (χ1v) is 10.1. The SMILES string of the molecule is O=C(CS(=O)(=O)CCC(F)(F)F)N1CC2(CCCC2)CCC1CO. The summed E-state index contributed by atoms with van der Waals surface area (Å²) < 4.78 is 60.3. The number of carbonyl (C=O) groups excluding carboxylic acids is 1. The van der Waals surface area contributed by atoms with Crippen LogP contribution in [0.2, 0.25) is 0 Å². The van der Waals surface area contributed by atoms with Crippen LogP contribution in [-0.2, 0) is 14.6 Å². The normalized spacial score (nSPS) is 24.5. The minimum Gasteiger partial charge on any atom is -0.394 e. The van der Waals surface area contributed by atoms with E-state index < -0.39 is 45.9 Å². The van der Waals surface area contributed by atoms with Crippen molar-refractivity contribution in [1.29, 1.82) is 0 Å². The van der Waals surface area contributed by atoms with Crippen LogP contribution in [0.1, 0.15) is 44.9 Å². The second-order valence-electron chi connectivity index (χ2n) is 7.06. The maximum Gasteiger partial charge on any atom is 0.390 e. The molecular weight excluding hydrogens is 347 g/mol. The van der Waals surface area contributed by atoms with Crippen molar-refractivity contribution in [2.75, 3.05) is 24.7 Å². The molecule has 140 valence electrons. The monoisotopic (exact) mass is 371 g/mol. The van der Waals surface area contributed by atoms with E-state index >= 15 is 0 Å². The van der Waals surface area contributed by atoms with Crippen LogP contribution in [-0.4, -0.2) is 61.2 Å². The van der Waals surface area contributed by atoms with Crippen molar-refractivity contribution in [1.82, 2.24) is 4.90 Å². The Morgan fingerprint density at radius 1 is 1.21 bits per heavy atom. The summed E-state index contributed by atoms with van der Waals surface area (Å²) in [7, 11) is -4.12. The van der Waals surface area contributed by atoms with E-state index in [1.165, 1.54) is 4.90 Å². The minimum absolute atomic E-state index is 0.0168. The molecule has 1 aliphatic heterocycles. The fourth-order valence-electron chi connectivity index (χ4n) is 3.83. The Labute approximate surface area is 140 Å². The summed E-state index contributed by atoms with van der Waals surface area (Å²) >= 11 is 0. The van der Waals surface area contributed by atoms with E-state index in [1.807, 2.05) is 0 Å². The summed E-state index contributed by atoms with van der Waals surface area (Å²) in [4.78, 5) is 13.8. The Morgan fingerprint density at radius 2 is 1.83 bits per heavy atom. The van der Waals surface area contributed by atoms with Gasteiger partial charge in [-0.05, 0) is 31.1 Å². The maximum atomic E-state index is 12.4. The van der Waals surface area contributed by atoms with Crippen LogP contribution in [0.3, 0.4) is 0 Å². The third-order valence-corrected chi connectivity index (χ3v) is 6.70. The number of likely N-dealkylation sites (tertiary alicyclic amines) is 1. The fourth-order valence-corrected chi connectivity index (χ4v) is 5.06. The number of aliphatic hydroxyl groups is 1. The average molecular weight is 371 g/mol. The van der Waals surface area contributed by atoms with Gasteiger partial charge in [0.2, 0.25) is 5.91 Å². The largest absolute Gasteiger partial charge is 0.394 e. The van der Waals surface area contributed by atoms with Crippen molar-refractivity contribution < 1.29 is 31.5 Å². The van der Waals surface area contributed by atoms with Crippen LogP contribution in [0.5, 0.6) is 0 Å². The minimum atomic E-state index is -4.57. The second kappa shape index (κ2) is 7.19. The highest BCUT2D eigenvalue weighted by molar-refractivity contribution is 7.92. The van der Waals surface area contributed by atoms with Gasteiger partial charge >= 0.3 is 6.18 Å². The molecule has 0 bridgehead atoms. The van der Waals surface area contributed by atoms with E-state index in [9.17, 15) is 31.5 Å². The zero-order valence-corrected chi connectivity index (χ0v) is 14.3. The molecule has 1 saturated carbocycles. The summed E-state index contributed by atoms with van der Waals surface area (Å²) in [6.07, 6.45) is -0.455. The van der Waals surface area contributed by atoms with Gasteiger partial charge in [-0.2, -0.15) is 13.2 Å². The molecule has 1 aliphatic carbocycles. The lowest BCUT2D eigenvalue weighted by Crippen LogP contribution is -2.53. The first-order valence-electron chi connectivity index (χ1n) is 8.23. The lowest BCUT2D eigenvalue weighted by molar-refractivity contribution is -0.137. The van der Waals surface area contributed by atoms with Gasteiger partial charge in [0, 0.05) is 6.54 Å². The van der Waals surface area contributed by atoms with Gasteiger partial charge in [-0.3, -0.25) is 4.79 Å². The molecule has 0 aromatic heterocycles. The quantitative estimate of drug-likeness (QED) is 0.801. The number of sulfone groups is 1. The number of alkyl halides is 3. The average Bonchev–Trinajstić information content (AvgIpc) is 2.92. The maximum absolute atomic E-state index is 12.4. The van der Waals surface area contributed by atoms with Crippen molar-refractivity contribution in [2.45, 2.75) is 57.2 Å². The van der Waals surface area contributed by atoms with Crippen LogP contribution >= 0.6 is 0 Å². The highest BCUT2D eigenvalue weighted by Crippen LogP contribution is 2.46. The second-order valence-corrected chi connectivity index (χ2v) is 9.25. The Bertz CT molecular complexity index is 556. The number of halogens is 3.